The maximum atomic E-state index is 12.1. The molecule has 1 rings (SSSR count). The highest BCUT2D eigenvalue weighted by Crippen LogP contribution is 2.08. The summed E-state index contributed by atoms with van der Waals surface area (Å²) in [6.07, 6.45) is -0.167. The number of aromatic nitrogens is 1. The van der Waals surface area contributed by atoms with Gasteiger partial charge in [0.1, 0.15) is 5.82 Å². The summed E-state index contributed by atoms with van der Waals surface area (Å²) in [5.41, 5.74) is 0.306. The Morgan fingerprint density at radius 2 is 2.22 bits per heavy atom. The number of carbonyl (C=O) groups excluding carboxylic acids is 1. The van der Waals surface area contributed by atoms with Gasteiger partial charge in [-0.25, -0.2) is 13.8 Å². The van der Waals surface area contributed by atoms with Crippen molar-refractivity contribution in [2.75, 3.05) is 25.5 Å². The molecule has 0 saturated heterocycles. The summed E-state index contributed by atoms with van der Waals surface area (Å²) in [6.45, 7) is 2.25. The summed E-state index contributed by atoms with van der Waals surface area (Å²) in [5.74, 6) is 0.217. The molecule has 0 saturated carbocycles. The lowest BCUT2D eigenvalue weighted by atomic mass is 10.2. The second-order valence-electron chi connectivity index (χ2n) is 3.94. The lowest BCUT2D eigenvalue weighted by Gasteiger charge is -2.16. The van der Waals surface area contributed by atoms with Crippen molar-refractivity contribution in [3.63, 3.8) is 0 Å². The van der Waals surface area contributed by atoms with Crippen LogP contribution in [0.1, 0.15) is 23.7 Å². The highest BCUT2D eigenvalue weighted by molar-refractivity contribution is 5.93. The standard InChI is InChI=1S/C12H17F2N3O/c1-3-6-15-11-5-4-9(7-16-11)12(18)17(2)8-10(13)14/h4-5,7,10H,3,6,8H2,1-2H3,(H,15,16). The Morgan fingerprint density at radius 1 is 1.50 bits per heavy atom. The van der Waals surface area contributed by atoms with Crippen LogP contribution in [0.5, 0.6) is 0 Å². The van der Waals surface area contributed by atoms with Crippen molar-refractivity contribution in [2.24, 2.45) is 0 Å². The second kappa shape index (κ2) is 6.88. The molecular weight excluding hydrogens is 240 g/mol. The van der Waals surface area contributed by atoms with E-state index in [1.807, 2.05) is 6.92 Å². The zero-order valence-electron chi connectivity index (χ0n) is 10.5. The first-order valence-corrected chi connectivity index (χ1v) is 5.78. The highest BCUT2D eigenvalue weighted by Gasteiger charge is 2.15. The molecule has 100 valence electrons. The Balaban J connectivity index is 2.63. The van der Waals surface area contributed by atoms with E-state index in [-0.39, 0.29) is 0 Å². The van der Waals surface area contributed by atoms with Gasteiger partial charge in [0.05, 0.1) is 12.1 Å². The minimum atomic E-state index is -2.53. The van der Waals surface area contributed by atoms with Crippen LogP contribution in [-0.4, -0.2) is 42.4 Å². The Bertz CT molecular complexity index is 381. The summed E-state index contributed by atoms with van der Waals surface area (Å²) in [6, 6.07) is 3.24. The van der Waals surface area contributed by atoms with Crippen LogP contribution in [0.15, 0.2) is 18.3 Å². The molecule has 0 fully saturated rings. The fourth-order valence-corrected chi connectivity index (χ4v) is 1.39. The van der Waals surface area contributed by atoms with Crippen molar-refractivity contribution >= 4 is 11.7 Å². The molecule has 4 nitrogen and oxygen atoms in total. The topological polar surface area (TPSA) is 45.2 Å². The zero-order chi connectivity index (χ0) is 13.5. The lowest BCUT2D eigenvalue weighted by Crippen LogP contribution is -2.31. The van der Waals surface area contributed by atoms with Gasteiger partial charge < -0.3 is 10.2 Å². The van der Waals surface area contributed by atoms with Crippen LogP contribution in [0, 0.1) is 0 Å². The predicted molar refractivity (Wildman–Crippen MR) is 66.0 cm³/mol. The van der Waals surface area contributed by atoms with Gasteiger partial charge in [0.15, 0.2) is 0 Å². The molecular formula is C12H17F2N3O. The average Bonchev–Trinajstić information content (AvgIpc) is 2.35. The lowest BCUT2D eigenvalue weighted by molar-refractivity contribution is 0.0620. The predicted octanol–water partition coefficient (Wildman–Crippen LogP) is 2.24. The van der Waals surface area contributed by atoms with Gasteiger partial charge in [0, 0.05) is 19.8 Å². The van der Waals surface area contributed by atoms with E-state index in [0.717, 1.165) is 17.9 Å². The number of pyridine rings is 1. The summed E-state index contributed by atoms with van der Waals surface area (Å²) < 4.78 is 24.3. The summed E-state index contributed by atoms with van der Waals surface area (Å²) in [5, 5.41) is 3.07. The Morgan fingerprint density at radius 3 is 2.72 bits per heavy atom. The first kappa shape index (κ1) is 14.3. The molecule has 0 aliphatic carbocycles. The van der Waals surface area contributed by atoms with Crippen LogP contribution in [0.2, 0.25) is 0 Å². The molecule has 0 spiro atoms. The third-order valence-electron chi connectivity index (χ3n) is 2.33. The van der Waals surface area contributed by atoms with E-state index in [9.17, 15) is 13.6 Å². The number of carbonyl (C=O) groups is 1. The van der Waals surface area contributed by atoms with E-state index in [1.54, 1.807) is 12.1 Å². The number of amides is 1. The van der Waals surface area contributed by atoms with Crippen molar-refractivity contribution in [1.29, 1.82) is 0 Å². The molecule has 1 N–H and O–H groups in total. The van der Waals surface area contributed by atoms with Crippen LogP contribution in [0.4, 0.5) is 14.6 Å². The maximum Gasteiger partial charge on any atom is 0.255 e. The molecule has 1 amide bonds. The Hall–Kier alpha value is -1.72. The second-order valence-corrected chi connectivity index (χ2v) is 3.94. The van der Waals surface area contributed by atoms with Crippen LogP contribution in [0.25, 0.3) is 0 Å². The molecule has 1 aromatic heterocycles. The van der Waals surface area contributed by atoms with Gasteiger partial charge in [-0.3, -0.25) is 4.79 Å². The zero-order valence-corrected chi connectivity index (χ0v) is 10.5. The fraction of sp³-hybridized carbons (Fsp3) is 0.500. The smallest absolute Gasteiger partial charge is 0.255 e. The van der Waals surface area contributed by atoms with Crippen LogP contribution in [0.3, 0.4) is 0 Å². The van der Waals surface area contributed by atoms with E-state index in [2.05, 4.69) is 10.3 Å². The van der Waals surface area contributed by atoms with Gasteiger partial charge in [0.2, 0.25) is 0 Å². The van der Waals surface area contributed by atoms with Crippen LogP contribution in [-0.2, 0) is 0 Å². The number of hydrogen-bond donors (Lipinski definition) is 1. The minimum absolute atomic E-state index is 0.306. The summed E-state index contributed by atoms with van der Waals surface area (Å²) in [4.78, 5) is 16.8. The van der Waals surface area contributed by atoms with Crippen LogP contribution < -0.4 is 5.32 Å². The van der Waals surface area contributed by atoms with Gasteiger partial charge >= 0.3 is 0 Å². The average molecular weight is 257 g/mol. The molecule has 0 atom stereocenters. The molecule has 1 heterocycles. The normalized spacial score (nSPS) is 10.5. The van der Waals surface area contributed by atoms with Gasteiger partial charge in [0.25, 0.3) is 12.3 Å². The number of halogens is 2. The summed E-state index contributed by atoms with van der Waals surface area (Å²) >= 11 is 0. The van der Waals surface area contributed by atoms with Crippen molar-refractivity contribution in [2.45, 2.75) is 19.8 Å². The maximum absolute atomic E-state index is 12.1. The van der Waals surface area contributed by atoms with E-state index in [1.165, 1.54) is 13.2 Å². The van der Waals surface area contributed by atoms with E-state index in [0.29, 0.717) is 11.4 Å². The number of nitrogens with one attached hydrogen (secondary N) is 1. The van der Waals surface area contributed by atoms with Gasteiger partial charge in [-0.15, -0.1) is 0 Å². The van der Waals surface area contributed by atoms with Gasteiger partial charge in [-0.2, -0.15) is 0 Å². The third-order valence-corrected chi connectivity index (χ3v) is 2.33. The molecule has 0 aliphatic heterocycles. The molecule has 6 heteroatoms. The molecule has 1 aromatic rings. The fourth-order valence-electron chi connectivity index (χ4n) is 1.39. The molecule has 0 radical (unpaired) electrons. The van der Waals surface area contributed by atoms with E-state index < -0.39 is 18.9 Å². The van der Waals surface area contributed by atoms with Crippen molar-refractivity contribution in [1.82, 2.24) is 9.88 Å². The SMILES string of the molecule is CCCNc1ccc(C(=O)N(C)CC(F)F)cn1. The first-order valence-electron chi connectivity index (χ1n) is 5.78. The van der Waals surface area contributed by atoms with E-state index in [4.69, 9.17) is 0 Å². The number of rotatable bonds is 6. The minimum Gasteiger partial charge on any atom is -0.370 e. The number of nitrogens with zero attached hydrogens (tertiary/aromatic N) is 2. The molecule has 0 bridgehead atoms. The van der Waals surface area contributed by atoms with Crippen molar-refractivity contribution < 1.29 is 13.6 Å². The van der Waals surface area contributed by atoms with Gasteiger partial charge in [-0.1, -0.05) is 6.92 Å². The van der Waals surface area contributed by atoms with E-state index >= 15 is 0 Å². The molecule has 0 aromatic carbocycles. The quantitative estimate of drug-likeness (QED) is 0.850. The number of anilines is 1. The van der Waals surface area contributed by atoms with Gasteiger partial charge in [-0.05, 0) is 18.6 Å². The number of hydrogen-bond acceptors (Lipinski definition) is 3. The van der Waals surface area contributed by atoms with Crippen molar-refractivity contribution in [3.05, 3.63) is 23.9 Å². The highest BCUT2D eigenvalue weighted by atomic mass is 19.3. The molecule has 0 aliphatic rings. The van der Waals surface area contributed by atoms with Crippen molar-refractivity contribution in [3.8, 4) is 0 Å². The Kier molecular flexibility index (Phi) is 5.48. The number of alkyl halides is 2. The monoisotopic (exact) mass is 257 g/mol. The third kappa shape index (κ3) is 4.27. The molecule has 18 heavy (non-hydrogen) atoms. The largest absolute Gasteiger partial charge is 0.370 e. The molecule has 0 unspecified atom stereocenters. The van der Waals surface area contributed by atoms with Crippen LogP contribution >= 0.6 is 0 Å². The Labute approximate surface area is 105 Å². The first-order chi connectivity index (χ1) is 8.54. The summed E-state index contributed by atoms with van der Waals surface area (Å²) in [7, 11) is 1.34.